The van der Waals surface area contributed by atoms with Crippen LogP contribution in [0.3, 0.4) is 0 Å². The maximum atomic E-state index is 11.6. The molecule has 1 heterocycles. The highest BCUT2D eigenvalue weighted by Gasteiger charge is 2.23. The normalized spacial score (nSPS) is 20.2. The van der Waals surface area contributed by atoms with Crippen LogP contribution >= 0.6 is 0 Å². The first kappa shape index (κ1) is 10.2. The second kappa shape index (κ2) is 4.45. The third-order valence-corrected chi connectivity index (χ3v) is 2.58. The Hall–Kier alpha value is -1.35. The van der Waals surface area contributed by atoms with Crippen LogP contribution in [0.25, 0.3) is 0 Å². The lowest BCUT2D eigenvalue weighted by Crippen LogP contribution is -2.34. The first-order valence-corrected chi connectivity index (χ1v) is 5.27. The quantitative estimate of drug-likeness (QED) is 0.589. The number of rotatable bonds is 2. The van der Waals surface area contributed by atoms with Gasteiger partial charge in [-0.1, -0.05) is 17.7 Å². The van der Waals surface area contributed by atoms with Crippen LogP contribution in [-0.2, 0) is 4.79 Å². The van der Waals surface area contributed by atoms with E-state index in [1.165, 1.54) is 0 Å². The molecule has 0 bridgehead atoms. The number of aryl methyl sites for hydroxylation is 1. The third kappa shape index (κ3) is 2.57. The van der Waals surface area contributed by atoms with Gasteiger partial charge in [0.1, 0.15) is 11.8 Å². The van der Waals surface area contributed by atoms with Gasteiger partial charge in [0.2, 0.25) is 0 Å². The molecule has 0 saturated carbocycles. The summed E-state index contributed by atoms with van der Waals surface area (Å²) in [5, 5.41) is 3.11. The molecule has 2 rings (SSSR count). The number of benzene rings is 1. The molecule has 3 nitrogen and oxygen atoms in total. The number of hydrogen-bond acceptors (Lipinski definition) is 3. The van der Waals surface area contributed by atoms with Crippen molar-refractivity contribution >= 4 is 5.97 Å². The number of carbonyl (C=O) groups excluding carboxylic acids is 1. The Morgan fingerprint density at radius 1 is 1.40 bits per heavy atom. The standard InChI is InChI=1S/C12H15NO2/c1-9-4-6-10(7-5-9)15-12(14)11-3-2-8-13-11/h4-7,11,13H,2-3,8H2,1H3/t11-/m0/s1. The molecule has 0 amide bonds. The van der Waals surface area contributed by atoms with Crippen molar-refractivity contribution in [3.05, 3.63) is 29.8 Å². The average molecular weight is 205 g/mol. The van der Waals surface area contributed by atoms with E-state index in [2.05, 4.69) is 5.32 Å². The van der Waals surface area contributed by atoms with Crippen LogP contribution in [0, 0.1) is 6.92 Å². The Labute approximate surface area is 89.4 Å². The second-order valence-electron chi connectivity index (χ2n) is 3.88. The summed E-state index contributed by atoms with van der Waals surface area (Å²) in [6.07, 6.45) is 1.93. The largest absolute Gasteiger partial charge is 0.425 e. The summed E-state index contributed by atoms with van der Waals surface area (Å²) in [5.74, 6) is 0.454. The molecular weight excluding hydrogens is 190 g/mol. The summed E-state index contributed by atoms with van der Waals surface area (Å²) < 4.78 is 5.25. The number of ether oxygens (including phenoxy) is 1. The van der Waals surface area contributed by atoms with Gasteiger partial charge in [-0.3, -0.25) is 0 Å². The highest BCUT2D eigenvalue weighted by molar-refractivity contribution is 5.78. The first-order valence-electron chi connectivity index (χ1n) is 5.27. The minimum atomic E-state index is -0.170. The van der Waals surface area contributed by atoms with Gasteiger partial charge in [-0.25, -0.2) is 4.79 Å². The molecule has 1 atom stereocenters. The number of hydrogen-bond donors (Lipinski definition) is 1. The molecule has 0 aromatic heterocycles. The van der Waals surface area contributed by atoms with Crippen LogP contribution in [0.2, 0.25) is 0 Å². The summed E-state index contributed by atoms with van der Waals surface area (Å²) in [7, 11) is 0. The fraction of sp³-hybridized carbons (Fsp3) is 0.417. The highest BCUT2D eigenvalue weighted by Crippen LogP contribution is 2.14. The van der Waals surface area contributed by atoms with Crippen molar-refractivity contribution < 1.29 is 9.53 Å². The molecule has 1 fully saturated rings. The van der Waals surface area contributed by atoms with Gasteiger partial charge in [-0.2, -0.15) is 0 Å². The van der Waals surface area contributed by atoms with Crippen molar-refractivity contribution in [3.63, 3.8) is 0 Å². The molecule has 1 aromatic rings. The lowest BCUT2D eigenvalue weighted by Gasteiger charge is -2.09. The smallest absolute Gasteiger partial charge is 0.328 e. The van der Waals surface area contributed by atoms with E-state index in [9.17, 15) is 4.79 Å². The van der Waals surface area contributed by atoms with Crippen molar-refractivity contribution in [1.82, 2.24) is 5.32 Å². The molecule has 1 saturated heterocycles. The van der Waals surface area contributed by atoms with Crippen molar-refractivity contribution in [1.29, 1.82) is 0 Å². The third-order valence-electron chi connectivity index (χ3n) is 2.58. The van der Waals surface area contributed by atoms with Gasteiger partial charge in [0, 0.05) is 0 Å². The van der Waals surface area contributed by atoms with E-state index >= 15 is 0 Å². The Balaban J connectivity index is 1.96. The SMILES string of the molecule is Cc1ccc(OC(=O)[C@@H]2CCCN2)cc1. The predicted octanol–water partition coefficient (Wildman–Crippen LogP) is 1.65. The molecule has 1 aliphatic rings. The molecular formula is C12H15NO2. The summed E-state index contributed by atoms with van der Waals surface area (Å²) in [6, 6.07) is 7.39. The number of nitrogens with one attached hydrogen (secondary N) is 1. The zero-order valence-corrected chi connectivity index (χ0v) is 8.82. The van der Waals surface area contributed by atoms with Crippen LogP contribution in [0.15, 0.2) is 24.3 Å². The maximum Gasteiger partial charge on any atom is 0.328 e. The summed E-state index contributed by atoms with van der Waals surface area (Å²) in [4.78, 5) is 11.6. The van der Waals surface area contributed by atoms with Gasteiger partial charge in [-0.15, -0.1) is 0 Å². The lowest BCUT2D eigenvalue weighted by atomic mass is 10.2. The van der Waals surface area contributed by atoms with E-state index in [0.717, 1.165) is 24.9 Å². The Bertz CT molecular complexity index is 339. The van der Waals surface area contributed by atoms with E-state index < -0.39 is 0 Å². The zero-order chi connectivity index (χ0) is 10.7. The highest BCUT2D eigenvalue weighted by atomic mass is 16.5. The van der Waals surface area contributed by atoms with Gasteiger partial charge in [0.25, 0.3) is 0 Å². The fourth-order valence-corrected chi connectivity index (χ4v) is 1.68. The van der Waals surface area contributed by atoms with Gasteiger partial charge in [-0.05, 0) is 38.4 Å². The molecule has 15 heavy (non-hydrogen) atoms. The van der Waals surface area contributed by atoms with E-state index in [1.54, 1.807) is 0 Å². The molecule has 1 N–H and O–H groups in total. The second-order valence-corrected chi connectivity index (χ2v) is 3.88. The van der Waals surface area contributed by atoms with Crippen molar-refractivity contribution in [2.75, 3.05) is 6.54 Å². The summed E-state index contributed by atoms with van der Waals surface area (Å²) >= 11 is 0. The molecule has 0 aliphatic carbocycles. The summed E-state index contributed by atoms with van der Waals surface area (Å²) in [6.45, 7) is 2.91. The molecule has 0 spiro atoms. The topological polar surface area (TPSA) is 38.3 Å². The van der Waals surface area contributed by atoms with Gasteiger partial charge in [0.05, 0.1) is 0 Å². The van der Waals surface area contributed by atoms with Crippen molar-refractivity contribution in [2.24, 2.45) is 0 Å². The van der Waals surface area contributed by atoms with Gasteiger partial charge >= 0.3 is 5.97 Å². The molecule has 3 heteroatoms. The zero-order valence-electron chi connectivity index (χ0n) is 8.82. The molecule has 1 aromatic carbocycles. The molecule has 80 valence electrons. The minimum absolute atomic E-state index is 0.119. The van der Waals surface area contributed by atoms with Crippen LogP contribution in [-0.4, -0.2) is 18.6 Å². The fourth-order valence-electron chi connectivity index (χ4n) is 1.68. The van der Waals surface area contributed by atoms with Gasteiger partial charge < -0.3 is 10.1 Å². The van der Waals surface area contributed by atoms with Crippen LogP contribution in [0.4, 0.5) is 0 Å². The maximum absolute atomic E-state index is 11.6. The van der Waals surface area contributed by atoms with Crippen LogP contribution < -0.4 is 10.1 Å². The Morgan fingerprint density at radius 2 is 2.13 bits per heavy atom. The number of esters is 1. The van der Waals surface area contributed by atoms with E-state index in [0.29, 0.717) is 5.75 Å². The summed E-state index contributed by atoms with van der Waals surface area (Å²) in [5.41, 5.74) is 1.16. The van der Waals surface area contributed by atoms with E-state index in [-0.39, 0.29) is 12.0 Å². The molecule has 0 unspecified atom stereocenters. The van der Waals surface area contributed by atoms with E-state index in [1.807, 2.05) is 31.2 Å². The first-order chi connectivity index (χ1) is 7.25. The monoisotopic (exact) mass is 205 g/mol. The average Bonchev–Trinajstić information content (AvgIpc) is 2.74. The van der Waals surface area contributed by atoms with Crippen molar-refractivity contribution in [2.45, 2.75) is 25.8 Å². The van der Waals surface area contributed by atoms with Crippen LogP contribution in [0.1, 0.15) is 18.4 Å². The predicted molar refractivity (Wildman–Crippen MR) is 57.8 cm³/mol. The Morgan fingerprint density at radius 3 is 2.73 bits per heavy atom. The van der Waals surface area contributed by atoms with E-state index in [4.69, 9.17) is 4.74 Å². The van der Waals surface area contributed by atoms with Crippen molar-refractivity contribution in [3.8, 4) is 5.75 Å². The lowest BCUT2D eigenvalue weighted by molar-refractivity contribution is -0.136. The van der Waals surface area contributed by atoms with Crippen LogP contribution in [0.5, 0.6) is 5.75 Å². The molecule has 0 radical (unpaired) electrons. The molecule has 1 aliphatic heterocycles. The Kier molecular flexibility index (Phi) is 3.02. The number of carbonyl (C=O) groups is 1. The van der Waals surface area contributed by atoms with Gasteiger partial charge in [0.15, 0.2) is 0 Å². The minimum Gasteiger partial charge on any atom is -0.425 e.